The van der Waals surface area contributed by atoms with Crippen molar-refractivity contribution in [3.8, 4) is 22.4 Å². The Balaban J connectivity index is 1.45. The minimum atomic E-state index is -1.07. The van der Waals surface area contributed by atoms with Crippen LogP contribution in [0.15, 0.2) is 84.2 Å². The monoisotopic (exact) mass is 485 g/mol. The summed E-state index contributed by atoms with van der Waals surface area (Å²) in [6.07, 6.45) is 0.983. The predicted molar refractivity (Wildman–Crippen MR) is 141 cm³/mol. The average molecular weight is 486 g/mol. The largest absolute Gasteiger partial charge is 0.480 e. The van der Waals surface area contributed by atoms with E-state index in [-0.39, 0.29) is 0 Å². The zero-order valence-corrected chi connectivity index (χ0v) is 20.3. The van der Waals surface area contributed by atoms with Crippen molar-refractivity contribution in [1.82, 2.24) is 10.3 Å². The van der Waals surface area contributed by atoms with Crippen LogP contribution in [-0.2, 0) is 11.3 Å². The van der Waals surface area contributed by atoms with Gasteiger partial charge in [0.05, 0.1) is 5.69 Å². The Morgan fingerprint density at radius 3 is 2.23 bits per heavy atom. The summed E-state index contributed by atoms with van der Waals surface area (Å²) in [5, 5.41) is 14.1. The van der Waals surface area contributed by atoms with Crippen molar-refractivity contribution >= 4 is 28.3 Å². The molecule has 3 aromatic carbocycles. The number of amides is 1. The van der Waals surface area contributed by atoms with Gasteiger partial charge in [-0.3, -0.25) is 9.59 Å². The van der Waals surface area contributed by atoms with Gasteiger partial charge in [-0.05, 0) is 35.2 Å². The first-order chi connectivity index (χ1) is 17.0. The topological polar surface area (TPSA) is 82.5 Å². The number of hydrogen-bond donors (Lipinski definition) is 2. The van der Waals surface area contributed by atoms with Crippen LogP contribution in [0.4, 0.5) is 5.13 Å². The molecule has 0 unspecified atom stereocenters. The molecule has 0 radical (unpaired) electrons. The molecule has 0 saturated heterocycles. The molecule has 0 spiro atoms. The number of aliphatic carboxylic acids is 1. The first-order valence-electron chi connectivity index (χ1n) is 11.5. The molecule has 0 saturated carbocycles. The Hall–Kier alpha value is -3.97. The van der Waals surface area contributed by atoms with Crippen LogP contribution in [0.5, 0.6) is 0 Å². The van der Waals surface area contributed by atoms with Crippen molar-refractivity contribution in [3.63, 3.8) is 0 Å². The summed E-state index contributed by atoms with van der Waals surface area (Å²) in [7, 11) is 0. The van der Waals surface area contributed by atoms with E-state index < -0.39 is 18.4 Å². The standard InChI is InChI=1S/C28H27N3O3S/c1-2-16-31(18-20-8-10-24(11-9-20)27(34)29-17-26(32)33)28-30-25(19-35-28)23-14-12-22(13-15-23)21-6-4-3-5-7-21/h3-15,19H,2,16-18H2,1H3,(H,29,34)(H,32,33). The number of hydrogen-bond acceptors (Lipinski definition) is 5. The normalized spacial score (nSPS) is 10.7. The van der Waals surface area contributed by atoms with E-state index in [4.69, 9.17) is 10.1 Å². The third-order valence-electron chi connectivity index (χ3n) is 5.53. The van der Waals surface area contributed by atoms with Crippen LogP contribution in [0.25, 0.3) is 22.4 Å². The molecule has 0 aliphatic carbocycles. The summed E-state index contributed by atoms with van der Waals surface area (Å²) in [5.74, 6) is -1.47. The highest BCUT2D eigenvalue weighted by atomic mass is 32.1. The van der Waals surface area contributed by atoms with Gasteiger partial charge in [-0.15, -0.1) is 11.3 Å². The molecule has 1 heterocycles. The van der Waals surface area contributed by atoms with Crippen molar-refractivity contribution in [2.75, 3.05) is 18.0 Å². The van der Waals surface area contributed by atoms with Crippen LogP contribution in [-0.4, -0.2) is 35.1 Å². The lowest BCUT2D eigenvalue weighted by Gasteiger charge is -2.21. The predicted octanol–water partition coefficient (Wildman–Crippen LogP) is 5.71. The smallest absolute Gasteiger partial charge is 0.322 e. The Kier molecular flexibility index (Phi) is 7.90. The van der Waals surface area contributed by atoms with E-state index in [0.717, 1.165) is 34.9 Å². The lowest BCUT2D eigenvalue weighted by Crippen LogP contribution is -2.29. The molecule has 1 amide bonds. The fourth-order valence-corrected chi connectivity index (χ4v) is 4.62. The Morgan fingerprint density at radius 2 is 1.57 bits per heavy atom. The lowest BCUT2D eigenvalue weighted by molar-refractivity contribution is -0.135. The number of carbonyl (C=O) groups excluding carboxylic acids is 1. The summed E-state index contributed by atoms with van der Waals surface area (Å²) < 4.78 is 0. The van der Waals surface area contributed by atoms with Crippen molar-refractivity contribution in [2.24, 2.45) is 0 Å². The van der Waals surface area contributed by atoms with Gasteiger partial charge in [-0.2, -0.15) is 0 Å². The van der Waals surface area contributed by atoms with E-state index in [1.54, 1.807) is 23.5 Å². The highest BCUT2D eigenvalue weighted by Gasteiger charge is 2.14. The van der Waals surface area contributed by atoms with Crippen LogP contribution >= 0.6 is 11.3 Å². The molecule has 0 fully saturated rings. The molecule has 4 rings (SSSR count). The number of carbonyl (C=O) groups is 2. The molecule has 4 aromatic rings. The second kappa shape index (κ2) is 11.4. The van der Waals surface area contributed by atoms with Crippen LogP contribution in [0.2, 0.25) is 0 Å². The molecule has 7 heteroatoms. The Bertz CT molecular complexity index is 1270. The Labute approximate surface area is 208 Å². The number of nitrogens with one attached hydrogen (secondary N) is 1. The number of carboxylic acids is 1. The Morgan fingerprint density at radius 1 is 0.914 bits per heavy atom. The maximum atomic E-state index is 12.1. The quantitative estimate of drug-likeness (QED) is 0.301. The van der Waals surface area contributed by atoms with Gasteiger partial charge >= 0.3 is 5.97 Å². The summed E-state index contributed by atoms with van der Waals surface area (Å²) in [6, 6.07) is 26.0. The van der Waals surface area contributed by atoms with Crippen molar-refractivity contribution < 1.29 is 14.7 Å². The minimum Gasteiger partial charge on any atom is -0.480 e. The minimum absolute atomic E-state index is 0.396. The van der Waals surface area contributed by atoms with Crippen molar-refractivity contribution in [1.29, 1.82) is 0 Å². The van der Waals surface area contributed by atoms with E-state index in [9.17, 15) is 9.59 Å². The van der Waals surface area contributed by atoms with Gasteiger partial charge in [0.25, 0.3) is 5.91 Å². The molecular formula is C28H27N3O3S. The zero-order valence-electron chi connectivity index (χ0n) is 19.5. The number of benzene rings is 3. The summed E-state index contributed by atoms with van der Waals surface area (Å²) >= 11 is 1.62. The first-order valence-corrected chi connectivity index (χ1v) is 12.4. The number of carboxylic acid groups (broad SMARTS) is 1. The number of anilines is 1. The molecule has 0 aliphatic rings. The number of aromatic nitrogens is 1. The molecule has 1 aromatic heterocycles. The average Bonchev–Trinajstić information content (AvgIpc) is 3.38. The zero-order chi connectivity index (χ0) is 24.6. The van der Waals surface area contributed by atoms with Crippen LogP contribution in [0.3, 0.4) is 0 Å². The van der Waals surface area contributed by atoms with Gasteiger partial charge in [0.1, 0.15) is 6.54 Å². The fourth-order valence-electron chi connectivity index (χ4n) is 3.76. The lowest BCUT2D eigenvalue weighted by atomic mass is 10.0. The second-order valence-corrected chi connectivity index (χ2v) is 8.99. The molecule has 2 N–H and O–H groups in total. The van der Waals surface area contributed by atoms with Crippen LogP contribution in [0.1, 0.15) is 29.3 Å². The third-order valence-corrected chi connectivity index (χ3v) is 6.44. The fraction of sp³-hybridized carbons (Fsp3) is 0.179. The van der Waals surface area contributed by atoms with E-state index in [2.05, 4.69) is 58.9 Å². The first kappa shape index (κ1) is 24.2. The maximum absolute atomic E-state index is 12.1. The maximum Gasteiger partial charge on any atom is 0.322 e. The summed E-state index contributed by atoms with van der Waals surface area (Å²) in [5.41, 5.74) is 5.90. The number of nitrogens with zero attached hydrogens (tertiary/aromatic N) is 2. The number of thiazole rings is 1. The van der Waals surface area contributed by atoms with Gasteiger partial charge in [-0.25, -0.2) is 4.98 Å². The van der Waals surface area contributed by atoms with Gasteiger partial charge in [0, 0.05) is 29.6 Å². The van der Waals surface area contributed by atoms with Crippen molar-refractivity contribution in [3.05, 3.63) is 95.4 Å². The molecule has 0 atom stereocenters. The summed E-state index contributed by atoms with van der Waals surface area (Å²) in [6.45, 7) is 3.28. The third kappa shape index (κ3) is 6.33. The van der Waals surface area contributed by atoms with E-state index >= 15 is 0 Å². The van der Waals surface area contributed by atoms with E-state index in [1.165, 1.54) is 11.1 Å². The second-order valence-electron chi connectivity index (χ2n) is 8.15. The molecule has 178 valence electrons. The van der Waals surface area contributed by atoms with Gasteiger partial charge in [0.2, 0.25) is 0 Å². The van der Waals surface area contributed by atoms with E-state index in [1.807, 2.05) is 30.3 Å². The van der Waals surface area contributed by atoms with Gasteiger partial charge in [-0.1, -0.05) is 73.7 Å². The van der Waals surface area contributed by atoms with Gasteiger partial charge in [0.15, 0.2) is 5.13 Å². The van der Waals surface area contributed by atoms with Crippen molar-refractivity contribution in [2.45, 2.75) is 19.9 Å². The molecule has 35 heavy (non-hydrogen) atoms. The van der Waals surface area contributed by atoms with Gasteiger partial charge < -0.3 is 15.3 Å². The SMILES string of the molecule is CCCN(Cc1ccc(C(=O)NCC(=O)O)cc1)c1nc(-c2ccc(-c3ccccc3)cc2)cs1. The van der Waals surface area contributed by atoms with E-state index in [0.29, 0.717) is 12.1 Å². The summed E-state index contributed by atoms with van der Waals surface area (Å²) in [4.78, 5) is 29.9. The number of rotatable bonds is 10. The molecular weight excluding hydrogens is 458 g/mol. The highest BCUT2D eigenvalue weighted by molar-refractivity contribution is 7.14. The highest BCUT2D eigenvalue weighted by Crippen LogP contribution is 2.30. The molecule has 6 nitrogen and oxygen atoms in total. The molecule has 0 aliphatic heterocycles. The van der Waals surface area contributed by atoms with Crippen LogP contribution in [0, 0.1) is 0 Å². The molecule has 0 bridgehead atoms. The van der Waals surface area contributed by atoms with Crippen LogP contribution < -0.4 is 10.2 Å².